The van der Waals surface area contributed by atoms with Crippen molar-refractivity contribution in [3.8, 4) is 11.4 Å². The Balaban J connectivity index is 2.06. The Morgan fingerprint density at radius 2 is 2.10 bits per heavy atom. The number of halogens is 1. The second-order valence-corrected chi connectivity index (χ2v) is 6.24. The molecule has 1 aliphatic rings. The molecule has 20 heavy (non-hydrogen) atoms. The first kappa shape index (κ1) is 13.8. The van der Waals surface area contributed by atoms with Crippen molar-refractivity contribution < 1.29 is 0 Å². The van der Waals surface area contributed by atoms with E-state index < -0.39 is 0 Å². The van der Waals surface area contributed by atoms with Crippen LogP contribution in [0, 0.1) is 3.57 Å². The van der Waals surface area contributed by atoms with E-state index in [1.54, 1.807) is 0 Å². The molecule has 1 aromatic carbocycles. The summed E-state index contributed by atoms with van der Waals surface area (Å²) in [6, 6.07) is 8.69. The van der Waals surface area contributed by atoms with Gasteiger partial charge in [-0.3, -0.25) is 0 Å². The number of nitrogens with one attached hydrogen (secondary N) is 1. The first-order valence-corrected chi connectivity index (χ1v) is 8.15. The van der Waals surface area contributed by atoms with Crippen LogP contribution < -0.4 is 5.32 Å². The molecule has 0 unspecified atom stereocenters. The van der Waals surface area contributed by atoms with Crippen LogP contribution >= 0.6 is 22.6 Å². The Morgan fingerprint density at radius 3 is 2.75 bits per heavy atom. The third-order valence-corrected chi connectivity index (χ3v) is 4.82. The van der Waals surface area contributed by atoms with E-state index in [4.69, 9.17) is 4.98 Å². The summed E-state index contributed by atoms with van der Waals surface area (Å²) in [6.45, 7) is 2.13. The smallest absolute Gasteiger partial charge is 0.161 e. The summed E-state index contributed by atoms with van der Waals surface area (Å²) in [4.78, 5) is 9.39. The predicted octanol–water partition coefficient (Wildman–Crippen LogP) is 4.23. The van der Waals surface area contributed by atoms with Gasteiger partial charge in [-0.2, -0.15) is 0 Å². The molecule has 1 saturated carbocycles. The van der Waals surface area contributed by atoms with Crippen LogP contribution in [0.3, 0.4) is 0 Å². The van der Waals surface area contributed by atoms with Gasteiger partial charge in [-0.15, -0.1) is 0 Å². The molecule has 3 nitrogen and oxygen atoms in total. The zero-order valence-electron chi connectivity index (χ0n) is 11.8. The van der Waals surface area contributed by atoms with Gasteiger partial charge >= 0.3 is 0 Å². The molecule has 1 aromatic heterocycles. The van der Waals surface area contributed by atoms with Gasteiger partial charge < -0.3 is 5.32 Å². The molecule has 0 bridgehead atoms. The first-order valence-electron chi connectivity index (χ1n) is 7.07. The molecule has 0 aliphatic heterocycles. The van der Waals surface area contributed by atoms with Crippen LogP contribution in [-0.4, -0.2) is 17.0 Å². The van der Waals surface area contributed by atoms with Gasteiger partial charge in [0.25, 0.3) is 0 Å². The standard InChI is InChI=1S/C16H18IN3/c1-3-13-14(17)16(18-2)20-15(19-13)12-6-4-5-11(9-12)10-7-8-10/h4-6,9-10H,3,7-8H2,1-2H3,(H,18,19,20). The maximum absolute atomic E-state index is 4.73. The molecule has 104 valence electrons. The van der Waals surface area contributed by atoms with Crippen molar-refractivity contribution in [1.82, 2.24) is 9.97 Å². The number of aromatic nitrogens is 2. The van der Waals surface area contributed by atoms with Crippen LogP contribution in [0.1, 0.15) is 36.9 Å². The van der Waals surface area contributed by atoms with Crippen LogP contribution in [0.5, 0.6) is 0 Å². The number of rotatable bonds is 4. The van der Waals surface area contributed by atoms with Crippen molar-refractivity contribution in [2.45, 2.75) is 32.1 Å². The van der Waals surface area contributed by atoms with Gasteiger partial charge in [-0.25, -0.2) is 9.97 Å². The highest BCUT2D eigenvalue weighted by molar-refractivity contribution is 14.1. The molecule has 0 saturated heterocycles. The molecule has 1 fully saturated rings. The predicted molar refractivity (Wildman–Crippen MR) is 91.1 cm³/mol. The molecule has 1 N–H and O–H groups in total. The van der Waals surface area contributed by atoms with Crippen LogP contribution in [-0.2, 0) is 6.42 Å². The maximum atomic E-state index is 4.73. The topological polar surface area (TPSA) is 37.8 Å². The molecule has 4 heteroatoms. The summed E-state index contributed by atoms with van der Waals surface area (Å²) >= 11 is 2.32. The lowest BCUT2D eigenvalue weighted by Crippen LogP contribution is -2.04. The minimum Gasteiger partial charge on any atom is -0.372 e. The van der Waals surface area contributed by atoms with E-state index >= 15 is 0 Å². The van der Waals surface area contributed by atoms with Crippen LogP contribution in [0.15, 0.2) is 24.3 Å². The highest BCUT2D eigenvalue weighted by Crippen LogP contribution is 2.41. The number of benzene rings is 1. The summed E-state index contributed by atoms with van der Waals surface area (Å²) in [5.74, 6) is 2.51. The first-order chi connectivity index (χ1) is 9.72. The van der Waals surface area contributed by atoms with Gasteiger partial charge in [0.05, 0.1) is 9.26 Å². The zero-order valence-corrected chi connectivity index (χ0v) is 13.9. The Bertz CT molecular complexity index is 610. The second kappa shape index (κ2) is 5.68. The fraction of sp³-hybridized carbons (Fsp3) is 0.375. The molecule has 3 rings (SSSR count). The number of nitrogens with zero attached hydrogens (tertiary/aromatic N) is 2. The molecule has 2 aromatic rings. The van der Waals surface area contributed by atoms with Crippen molar-refractivity contribution in [2.75, 3.05) is 12.4 Å². The summed E-state index contributed by atoms with van der Waals surface area (Å²) < 4.78 is 1.12. The minimum atomic E-state index is 0.758. The van der Waals surface area contributed by atoms with Gasteiger partial charge in [0.2, 0.25) is 0 Å². The lowest BCUT2D eigenvalue weighted by molar-refractivity contribution is 0.989. The second-order valence-electron chi connectivity index (χ2n) is 5.16. The van der Waals surface area contributed by atoms with E-state index in [-0.39, 0.29) is 0 Å². The average molecular weight is 379 g/mol. The quantitative estimate of drug-likeness (QED) is 0.808. The van der Waals surface area contributed by atoms with Crippen LogP contribution in [0.25, 0.3) is 11.4 Å². The molecule has 1 aliphatic carbocycles. The Labute approximate surface area is 133 Å². The van der Waals surface area contributed by atoms with Crippen molar-refractivity contribution in [3.63, 3.8) is 0 Å². The maximum Gasteiger partial charge on any atom is 0.161 e. The molecular weight excluding hydrogens is 361 g/mol. The van der Waals surface area contributed by atoms with Gasteiger partial charge in [-0.05, 0) is 59.4 Å². The van der Waals surface area contributed by atoms with Gasteiger partial charge in [-0.1, -0.05) is 25.1 Å². The third kappa shape index (κ3) is 2.66. The van der Waals surface area contributed by atoms with Gasteiger partial charge in [0.15, 0.2) is 5.82 Å². The van der Waals surface area contributed by atoms with Crippen molar-refractivity contribution >= 4 is 28.4 Å². The van der Waals surface area contributed by atoms with Gasteiger partial charge in [0.1, 0.15) is 5.82 Å². The van der Waals surface area contributed by atoms with Crippen LogP contribution in [0.4, 0.5) is 5.82 Å². The molecular formula is C16H18IN3. The molecule has 1 heterocycles. The fourth-order valence-electron chi connectivity index (χ4n) is 2.37. The molecule has 0 amide bonds. The monoisotopic (exact) mass is 379 g/mol. The molecule has 0 radical (unpaired) electrons. The van der Waals surface area contributed by atoms with E-state index in [9.17, 15) is 0 Å². The van der Waals surface area contributed by atoms with Gasteiger partial charge in [0, 0.05) is 12.6 Å². The van der Waals surface area contributed by atoms with E-state index in [1.807, 2.05) is 7.05 Å². The Hall–Kier alpha value is -1.17. The van der Waals surface area contributed by atoms with E-state index in [1.165, 1.54) is 18.4 Å². The molecule has 0 spiro atoms. The summed E-state index contributed by atoms with van der Waals surface area (Å²) in [6.07, 6.45) is 3.56. The SMILES string of the molecule is CCc1nc(-c2cccc(C3CC3)c2)nc(NC)c1I. The minimum absolute atomic E-state index is 0.758. The normalized spacial score (nSPS) is 14.3. The largest absolute Gasteiger partial charge is 0.372 e. The average Bonchev–Trinajstić information content (AvgIpc) is 3.32. The summed E-state index contributed by atoms with van der Waals surface area (Å²) in [5.41, 5.74) is 3.66. The summed E-state index contributed by atoms with van der Waals surface area (Å²) in [5, 5.41) is 3.17. The van der Waals surface area contributed by atoms with Crippen molar-refractivity contribution in [1.29, 1.82) is 0 Å². The highest BCUT2D eigenvalue weighted by Gasteiger charge is 2.23. The summed E-state index contributed by atoms with van der Waals surface area (Å²) in [7, 11) is 1.91. The van der Waals surface area contributed by atoms with Crippen LogP contribution in [0.2, 0.25) is 0 Å². The number of hydrogen-bond donors (Lipinski definition) is 1. The molecule has 0 atom stereocenters. The Morgan fingerprint density at radius 1 is 1.30 bits per heavy atom. The lowest BCUT2D eigenvalue weighted by Gasteiger charge is -2.11. The van der Waals surface area contributed by atoms with Crippen molar-refractivity contribution in [3.05, 3.63) is 39.1 Å². The zero-order chi connectivity index (χ0) is 14.1. The Kier molecular flexibility index (Phi) is 3.92. The van der Waals surface area contributed by atoms with E-state index in [0.29, 0.717) is 0 Å². The number of anilines is 1. The fourth-order valence-corrected chi connectivity index (χ4v) is 3.26. The highest BCUT2D eigenvalue weighted by atomic mass is 127. The lowest BCUT2D eigenvalue weighted by atomic mass is 10.1. The number of aryl methyl sites for hydroxylation is 1. The third-order valence-electron chi connectivity index (χ3n) is 3.69. The van der Waals surface area contributed by atoms with E-state index in [2.05, 4.69) is 64.1 Å². The van der Waals surface area contributed by atoms with Crippen molar-refractivity contribution in [2.24, 2.45) is 0 Å². The number of hydrogen-bond acceptors (Lipinski definition) is 3. The van der Waals surface area contributed by atoms with E-state index in [0.717, 1.165) is 38.8 Å².